The first-order chi connectivity index (χ1) is 28.8. The second-order valence-electron chi connectivity index (χ2n) is 14.8. The van der Waals surface area contributed by atoms with Crippen molar-refractivity contribution in [1.82, 2.24) is 0 Å². The average Bonchev–Trinajstić information content (AvgIpc) is 3.24. The van der Waals surface area contributed by atoms with Gasteiger partial charge < -0.3 is 5.11 Å². The molecule has 0 radical (unpaired) electrons. The topological polar surface area (TPSA) is 20.2 Å². The van der Waals surface area contributed by atoms with E-state index in [-0.39, 0.29) is 0 Å². The number of hydrogen-bond donors (Lipinski definition) is 1. The molecule has 0 aliphatic heterocycles. The van der Waals surface area contributed by atoms with Gasteiger partial charge in [0.2, 0.25) is 0 Å². The molecule has 0 saturated carbocycles. The van der Waals surface area contributed by atoms with Crippen LogP contribution in [0.4, 0.5) is 0 Å². The Morgan fingerprint density at radius 2 is 0.466 bits per heavy atom. The summed E-state index contributed by atoms with van der Waals surface area (Å²) in [5.74, 6) is 0. The van der Waals surface area contributed by atoms with Crippen LogP contribution in [-0.2, 0) is 0 Å². The molecule has 1 N–H and O–H groups in total. The second kappa shape index (κ2) is 58.6. The molecule has 0 saturated heterocycles. The zero-order valence-corrected chi connectivity index (χ0v) is 39.5. The molecule has 0 rings (SSSR count). The first kappa shape index (κ1) is 57.4. The lowest BCUT2D eigenvalue weighted by Gasteiger charge is -1.99. The summed E-state index contributed by atoms with van der Waals surface area (Å²) in [6, 6.07) is 0. The van der Waals surface area contributed by atoms with E-state index in [9.17, 15) is 0 Å². The molecule has 0 aromatic rings. The molecule has 58 heavy (non-hydrogen) atoms. The first-order valence-electron chi connectivity index (χ1n) is 23.8. The Labute approximate surface area is 370 Å². The van der Waals surface area contributed by atoms with Crippen molar-refractivity contribution in [2.45, 2.75) is 194 Å². The van der Waals surface area contributed by atoms with Crippen molar-refractivity contribution in [1.29, 1.82) is 0 Å². The Morgan fingerprint density at radius 3 is 0.707 bits per heavy atom. The molecule has 0 spiro atoms. The molecule has 1 nitrogen and oxygen atoms in total. The Morgan fingerprint density at radius 1 is 0.259 bits per heavy atom. The Kier molecular flexibility index (Phi) is 58.0. The van der Waals surface area contributed by atoms with Crippen LogP contribution in [0.3, 0.4) is 0 Å². The van der Waals surface area contributed by atoms with Crippen molar-refractivity contribution in [3.05, 3.63) is 146 Å². The standard InChI is InChI=1S/C28H45Br.C28H46O/c2*1-2-3-4-5-6-7-8-9-10-11-12-13-14-15-16-17-18-19-20-21-22-23-24-25-26-27-28-29/h3-4,6-7,9-10,12-13,15-16,18-19H,2,5,8,11,14,17,20-28H2,1H3;3-4,6-7,9-10,12-13,15-16,18-19,29H,2,5,8,11,14,17,20-28H2,1H3/b2*4-3-,7-6-,10-9-,13-12-,16-15-,19-18-. The fourth-order valence-electron chi connectivity index (χ4n) is 5.78. The summed E-state index contributed by atoms with van der Waals surface area (Å²) in [4.78, 5) is 0. The van der Waals surface area contributed by atoms with Crippen LogP contribution in [0, 0.1) is 0 Å². The quantitative estimate of drug-likeness (QED) is 0.0370. The monoisotopic (exact) mass is 859 g/mol. The van der Waals surface area contributed by atoms with Gasteiger partial charge in [0.25, 0.3) is 0 Å². The highest BCUT2D eigenvalue weighted by Gasteiger charge is 1.91. The van der Waals surface area contributed by atoms with E-state index in [1.807, 2.05) is 0 Å². The maximum atomic E-state index is 8.73. The largest absolute Gasteiger partial charge is 0.396 e. The van der Waals surface area contributed by atoms with Crippen LogP contribution in [0.25, 0.3) is 0 Å². The number of aliphatic hydroxyl groups excluding tert-OH is 1. The predicted octanol–water partition coefficient (Wildman–Crippen LogP) is 19.0. The van der Waals surface area contributed by atoms with Gasteiger partial charge in [-0.15, -0.1) is 0 Å². The summed E-state index contributed by atoms with van der Waals surface area (Å²) < 4.78 is 0. The van der Waals surface area contributed by atoms with Gasteiger partial charge >= 0.3 is 0 Å². The highest BCUT2D eigenvalue weighted by Crippen LogP contribution is 2.11. The number of halogens is 1. The molecule has 0 fully saturated rings. The fourth-order valence-corrected chi connectivity index (χ4v) is 6.17. The van der Waals surface area contributed by atoms with E-state index in [0.717, 1.165) is 88.8 Å². The molecule has 328 valence electrons. The summed E-state index contributed by atoms with van der Waals surface area (Å²) in [5, 5.41) is 9.89. The van der Waals surface area contributed by atoms with Crippen molar-refractivity contribution >= 4 is 15.9 Å². The molecule has 0 aromatic heterocycles. The zero-order valence-electron chi connectivity index (χ0n) is 37.9. The zero-order chi connectivity index (χ0) is 42.2. The van der Waals surface area contributed by atoms with E-state index in [1.165, 1.54) is 96.3 Å². The van der Waals surface area contributed by atoms with E-state index in [0.29, 0.717) is 6.61 Å². The van der Waals surface area contributed by atoms with Crippen molar-refractivity contribution < 1.29 is 5.11 Å². The van der Waals surface area contributed by atoms with Gasteiger partial charge in [-0.05, 0) is 116 Å². The van der Waals surface area contributed by atoms with Crippen LogP contribution in [0.1, 0.15) is 194 Å². The van der Waals surface area contributed by atoms with Gasteiger partial charge in [-0.1, -0.05) is 240 Å². The molecule has 0 heterocycles. The van der Waals surface area contributed by atoms with Crippen LogP contribution < -0.4 is 0 Å². The molecule has 0 amide bonds. The lowest BCUT2D eigenvalue weighted by Crippen LogP contribution is -1.83. The number of allylic oxidation sites excluding steroid dienone is 24. The molecule has 2 heteroatoms. The minimum absolute atomic E-state index is 0.350. The highest BCUT2D eigenvalue weighted by atomic mass is 79.9. The fraction of sp³-hybridized carbons (Fsp3) is 0.571. The molecule has 0 atom stereocenters. The Balaban J connectivity index is 0. The van der Waals surface area contributed by atoms with E-state index in [4.69, 9.17) is 5.11 Å². The van der Waals surface area contributed by atoms with Crippen LogP contribution in [0.2, 0.25) is 0 Å². The molecule has 0 aromatic carbocycles. The minimum Gasteiger partial charge on any atom is -0.396 e. The highest BCUT2D eigenvalue weighted by molar-refractivity contribution is 9.09. The van der Waals surface area contributed by atoms with E-state index in [2.05, 4.69) is 176 Å². The van der Waals surface area contributed by atoms with Crippen LogP contribution in [0.5, 0.6) is 0 Å². The van der Waals surface area contributed by atoms with Gasteiger partial charge in [-0.2, -0.15) is 0 Å². The van der Waals surface area contributed by atoms with Crippen LogP contribution in [-0.4, -0.2) is 17.0 Å². The molecule has 0 aliphatic rings. The summed E-state index contributed by atoms with van der Waals surface area (Å²) in [6.07, 6.45) is 87.7. The van der Waals surface area contributed by atoms with Gasteiger partial charge in [0.05, 0.1) is 0 Å². The van der Waals surface area contributed by atoms with Gasteiger partial charge in [0.1, 0.15) is 0 Å². The normalized spacial score (nSPS) is 13.0. The molecule has 0 bridgehead atoms. The van der Waals surface area contributed by atoms with Crippen molar-refractivity contribution in [3.8, 4) is 0 Å². The summed E-state index contributed by atoms with van der Waals surface area (Å²) in [7, 11) is 0. The maximum Gasteiger partial charge on any atom is 0.0431 e. The van der Waals surface area contributed by atoms with E-state index < -0.39 is 0 Å². The third kappa shape index (κ3) is 60.0. The van der Waals surface area contributed by atoms with E-state index in [1.54, 1.807) is 0 Å². The third-order valence-electron chi connectivity index (χ3n) is 9.23. The lowest BCUT2D eigenvalue weighted by atomic mass is 10.1. The van der Waals surface area contributed by atoms with Gasteiger partial charge in [0, 0.05) is 11.9 Å². The Bertz CT molecular complexity index is 1050. The van der Waals surface area contributed by atoms with Crippen molar-refractivity contribution in [3.63, 3.8) is 0 Å². The minimum atomic E-state index is 0.350. The number of aliphatic hydroxyl groups is 1. The van der Waals surface area contributed by atoms with Crippen LogP contribution >= 0.6 is 15.9 Å². The molecule has 0 unspecified atom stereocenters. The smallest absolute Gasteiger partial charge is 0.0431 e. The molecule has 0 aliphatic carbocycles. The van der Waals surface area contributed by atoms with Gasteiger partial charge in [-0.25, -0.2) is 0 Å². The second-order valence-corrected chi connectivity index (χ2v) is 15.6. The lowest BCUT2D eigenvalue weighted by molar-refractivity contribution is 0.282. The number of hydrogen-bond acceptors (Lipinski definition) is 1. The van der Waals surface area contributed by atoms with Gasteiger partial charge in [0.15, 0.2) is 0 Å². The summed E-state index contributed by atoms with van der Waals surface area (Å²) in [6.45, 7) is 4.68. The molecular formula is C56H91BrO. The number of rotatable bonds is 40. The Hall–Kier alpha value is -2.68. The van der Waals surface area contributed by atoms with Gasteiger partial charge in [-0.3, -0.25) is 0 Å². The summed E-state index contributed by atoms with van der Waals surface area (Å²) in [5.41, 5.74) is 0. The summed E-state index contributed by atoms with van der Waals surface area (Å²) >= 11 is 3.49. The van der Waals surface area contributed by atoms with Crippen molar-refractivity contribution in [2.75, 3.05) is 11.9 Å². The third-order valence-corrected chi connectivity index (χ3v) is 9.79. The first-order valence-corrected chi connectivity index (χ1v) is 24.9. The number of alkyl halides is 1. The average molecular weight is 860 g/mol. The predicted molar refractivity (Wildman–Crippen MR) is 271 cm³/mol. The SMILES string of the molecule is CC/C=C\C/C=C\C/C=C\C/C=C\C/C=C\C/C=C\CCCCCCCCCBr.CC/C=C\C/C=C\C/C=C\C/C=C\C/C=C\C/C=C\CCCCCCCCCO. The maximum absolute atomic E-state index is 8.73. The molecular weight excluding hydrogens is 769 g/mol. The van der Waals surface area contributed by atoms with Crippen molar-refractivity contribution in [2.24, 2.45) is 0 Å². The number of unbranched alkanes of at least 4 members (excludes halogenated alkanes) is 14. The van der Waals surface area contributed by atoms with Crippen LogP contribution in [0.15, 0.2) is 146 Å². The van der Waals surface area contributed by atoms with E-state index >= 15 is 0 Å².